The molecule has 17 heavy (non-hydrogen) atoms. The molecule has 0 aliphatic rings. The molecule has 5 nitrogen and oxygen atoms in total. The molecule has 0 radical (unpaired) electrons. The van der Waals surface area contributed by atoms with Crippen molar-refractivity contribution in [3.63, 3.8) is 0 Å². The topological polar surface area (TPSA) is 72.5 Å². The summed E-state index contributed by atoms with van der Waals surface area (Å²) in [6, 6.07) is 6.14. The van der Waals surface area contributed by atoms with Crippen LogP contribution in [0.2, 0.25) is 0 Å². The molecule has 1 atom stereocenters. The van der Waals surface area contributed by atoms with Crippen LogP contribution in [0.1, 0.15) is 6.92 Å². The zero-order chi connectivity index (χ0) is 12.1. The number of likely N-dealkylation sites (N-methyl/N-ethyl adjacent to an activating group) is 1. The number of carbonyl (C=O) groups excluding carboxylic acids is 2. The number of hydrogen-bond donors (Lipinski definition) is 1. The van der Waals surface area contributed by atoms with Gasteiger partial charge in [0, 0.05) is 18.4 Å². The van der Waals surface area contributed by atoms with Gasteiger partial charge in [0.25, 0.3) is 0 Å². The number of hydrogen-bond acceptors (Lipinski definition) is 4. The Morgan fingerprint density at radius 2 is 1.94 bits per heavy atom. The Morgan fingerprint density at radius 1 is 1.41 bits per heavy atom. The van der Waals surface area contributed by atoms with E-state index in [0.717, 1.165) is 5.69 Å². The summed E-state index contributed by atoms with van der Waals surface area (Å²) >= 11 is 0. The number of carbonyl (C=O) groups is 2. The van der Waals surface area contributed by atoms with Gasteiger partial charge >= 0.3 is 51.4 Å². The van der Waals surface area contributed by atoms with Crippen LogP contribution >= 0.6 is 0 Å². The third kappa shape index (κ3) is 4.77. The van der Waals surface area contributed by atoms with Crippen molar-refractivity contribution in [2.75, 3.05) is 17.3 Å². The van der Waals surface area contributed by atoms with Gasteiger partial charge in [-0.3, -0.25) is 4.79 Å². The number of carboxylic acids is 1. The molecule has 0 saturated heterocycles. The van der Waals surface area contributed by atoms with Gasteiger partial charge in [-0.15, -0.1) is 0 Å². The van der Waals surface area contributed by atoms with Crippen molar-refractivity contribution in [3.8, 4) is 0 Å². The van der Waals surface area contributed by atoms with Crippen molar-refractivity contribution in [1.29, 1.82) is 0 Å². The molecule has 0 aromatic heterocycles. The standard InChI is InChI=1S/C11H14N2O3.K/c1-8(11(15)16)13(2)10-5-3-9(4-6-10)12-7-14;/h3-8H,1-2H3,(H,12,14)(H,15,16);/q;+1/p-1. The van der Waals surface area contributed by atoms with E-state index in [2.05, 4.69) is 5.32 Å². The molecule has 1 rings (SSSR count). The second-order valence-electron chi connectivity index (χ2n) is 3.41. The minimum absolute atomic E-state index is 0. The Morgan fingerprint density at radius 3 is 2.35 bits per heavy atom. The Kier molecular flexibility index (Phi) is 7.65. The maximum Gasteiger partial charge on any atom is 1.00 e. The second kappa shape index (κ2) is 7.83. The molecule has 0 spiro atoms. The summed E-state index contributed by atoms with van der Waals surface area (Å²) in [4.78, 5) is 22.4. The second-order valence-corrected chi connectivity index (χ2v) is 3.41. The summed E-state index contributed by atoms with van der Waals surface area (Å²) in [5, 5.41) is 13.2. The average Bonchev–Trinajstić information content (AvgIpc) is 2.28. The molecule has 86 valence electrons. The van der Waals surface area contributed by atoms with Crippen molar-refractivity contribution in [2.24, 2.45) is 0 Å². The van der Waals surface area contributed by atoms with Crippen LogP contribution in [-0.2, 0) is 9.59 Å². The first kappa shape index (κ1) is 16.6. The van der Waals surface area contributed by atoms with Gasteiger partial charge in [0.2, 0.25) is 6.41 Å². The quantitative estimate of drug-likeness (QED) is 0.448. The van der Waals surface area contributed by atoms with Crippen LogP contribution in [0.25, 0.3) is 0 Å². The van der Waals surface area contributed by atoms with Crippen molar-refractivity contribution < 1.29 is 66.1 Å². The van der Waals surface area contributed by atoms with Crippen molar-refractivity contribution in [3.05, 3.63) is 24.3 Å². The SMILES string of the molecule is CC(C(=O)[O-])N(C)c1ccc(NC=O)cc1.[K+]. The number of anilines is 2. The molecule has 0 saturated carbocycles. The normalized spacial score (nSPS) is 10.9. The minimum Gasteiger partial charge on any atom is -0.548 e. The van der Waals surface area contributed by atoms with Crippen LogP contribution in [0.3, 0.4) is 0 Å². The van der Waals surface area contributed by atoms with Gasteiger partial charge in [0.05, 0.1) is 12.0 Å². The third-order valence-corrected chi connectivity index (χ3v) is 2.42. The summed E-state index contributed by atoms with van der Waals surface area (Å²) in [6.07, 6.45) is 0.586. The zero-order valence-electron chi connectivity index (χ0n) is 10.1. The fourth-order valence-electron chi connectivity index (χ4n) is 1.24. The summed E-state index contributed by atoms with van der Waals surface area (Å²) in [5.74, 6) is -1.13. The van der Waals surface area contributed by atoms with Crippen LogP contribution in [0.5, 0.6) is 0 Å². The van der Waals surface area contributed by atoms with Gasteiger partial charge in [0.15, 0.2) is 0 Å². The molecule has 1 amide bonds. The van der Waals surface area contributed by atoms with Crippen molar-refractivity contribution >= 4 is 23.8 Å². The fourth-order valence-corrected chi connectivity index (χ4v) is 1.24. The molecule has 0 aliphatic carbocycles. The van der Waals surface area contributed by atoms with E-state index in [1.54, 1.807) is 43.1 Å². The monoisotopic (exact) mass is 260 g/mol. The van der Waals surface area contributed by atoms with Gasteiger partial charge < -0.3 is 20.1 Å². The number of carboxylic acid groups (broad SMARTS) is 1. The summed E-state index contributed by atoms with van der Waals surface area (Å²) in [6.45, 7) is 1.55. The van der Waals surface area contributed by atoms with E-state index in [1.807, 2.05) is 0 Å². The predicted octanol–water partition coefficient (Wildman–Crippen LogP) is -3.17. The molecule has 0 bridgehead atoms. The van der Waals surface area contributed by atoms with E-state index in [4.69, 9.17) is 0 Å². The largest absolute Gasteiger partial charge is 1.00 e. The number of rotatable bonds is 5. The molecule has 0 aliphatic heterocycles. The number of benzene rings is 1. The molecule has 1 N–H and O–H groups in total. The first-order valence-corrected chi connectivity index (χ1v) is 4.80. The van der Waals surface area contributed by atoms with Crippen LogP contribution in [-0.4, -0.2) is 25.5 Å². The van der Waals surface area contributed by atoms with Gasteiger partial charge in [-0.25, -0.2) is 0 Å². The number of amides is 1. The Hall–Kier alpha value is -0.404. The Bertz CT molecular complexity index is 381. The summed E-state index contributed by atoms with van der Waals surface area (Å²) < 4.78 is 0. The van der Waals surface area contributed by atoms with Crippen molar-refractivity contribution in [2.45, 2.75) is 13.0 Å². The molecule has 0 heterocycles. The maximum absolute atomic E-state index is 10.7. The van der Waals surface area contributed by atoms with E-state index >= 15 is 0 Å². The molecule has 1 aromatic carbocycles. The van der Waals surface area contributed by atoms with Crippen LogP contribution < -0.4 is 66.7 Å². The molecular formula is C11H13KN2O3. The van der Waals surface area contributed by atoms with Crippen LogP contribution in [0.4, 0.5) is 11.4 Å². The van der Waals surface area contributed by atoms with E-state index in [9.17, 15) is 14.7 Å². The molecule has 0 fully saturated rings. The first-order chi connectivity index (χ1) is 7.56. The van der Waals surface area contributed by atoms with Crippen LogP contribution in [0, 0.1) is 0 Å². The Labute approximate surface area is 143 Å². The van der Waals surface area contributed by atoms with Gasteiger partial charge in [-0.05, 0) is 31.2 Å². The summed E-state index contributed by atoms with van der Waals surface area (Å²) in [7, 11) is 1.67. The van der Waals surface area contributed by atoms with E-state index < -0.39 is 12.0 Å². The van der Waals surface area contributed by atoms with E-state index in [1.165, 1.54) is 0 Å². The zero-order valence-corrected chi connectivity index (χ0v) is 13.3. The average molecular weight is 260 g/mol. The third-order valence-electron chi connectivity index (χ3n) is 2.42. The smallest absolute Gasteiger partial charge is 0.548 e. The van der Waals surface area contributed by atoms with Gasteiger partial charge in [-0.2, -0.15) is 0 Å². The molecule has 1 unspecified atom stereocenters. The van der Waals surface area contributed by atoms with E-state index in [0.29, 0.717) is 12.1 Å². The predicted molar refractivity (Wildman–Crippen MR) is 59.0 cm³/mol. The van der Waals surface area contributed by atoms with Crippen LogP contribution in [0.15, 0.2) is 24.3 Å². The Balaban J connectivity index is 0.00000256. The number of nitrogens with zero attached hydrogens (tertiary/aromatic N) is 1. The minimum atomic E-state index is -1.13. The molecular weight excluding hydrogens is 247 g/mol. The molecule has 6 heteroatoms. The van der Waals surface area contributed by atoms with Gasteiger partial charge in [0.1, 0.15) is 0 Å². The first-order valence-electron chi connectivity index (χ1n) is 4.80. The fraction of sp³-hybridized carbons (Fsp3) is 0.273. The van der Waals surface area contributed by atoms with Crippen molar-refractivity contribution in [1.82, 2.24) is 0 Å². The molecule has 1 aromatic rings. The number of aliphatic carboxylic acids is 1. The number of nitrogens with one attached hydrogen (secondary N) is 1. The maximum atomic E-state index is 10.7. The van der Waals surface area contributed by atoms with E-state index in [-0.39, 0.29) is 51.4 Å². The van der Waals surface area contributed by atoms with Gasteiger partial charge in [-0.1, -0.05) is 0 Å². The summed E-state index contributed by atoms with van der Waals surface area (Å²) in [5.41, 5.74) is 1.40.